The molecule has 12 nitrogen and oxygen atoms in total. The van der Waals surface area contributed by atoms with E-state index >= 15 is 0 Å². The van der Waals surface area contributed by atoms with Crippen molar-refractivity contribution in [3.8, 4) is 5.75 Å². The smallest absolute Gasteiger partial charge is 0.362 e. The molecule has 0 aliphatic heterocycles. The topological polar surface area (TPSA) is 191 Å². The molecule has 0 unspecified atom stereocenters. The van der Waals surface area contributed by atoms with Crippen LogP contribution in [0, 0.1) is 17.3 Å². The monoisotopic (exact) mass is 528 g/mol. The quantitative estimate of drug-likeness (QED) is 0.454. The van der Waals surface area contributed by atoms with Gasteiger partial charge in [-0.1, -0.05) is 13.0 Å². The van der Waals surface area contributed by atoms with E-state index in [4.69, 9.17) is 12.9 Å². The summed E-state index contributed by atoms with van der Waals surface area (Å²) in [4.78, 5) is 0. The molecule has 3 aliphatic rings. The highest BCUT2D eigenvalue weighted by Crippen LogP contribution is 2.62. The van der Waals surface area contributed by atoms with Crippen LogP contribution in [0.1, 0.15) is 49.7 Å². The van der Waals surface area contributed by atoms with Crippen molar-refractivity contribution in [2.45, 2.75) is 57.2 Å². The molecule has 2 fully saturated rings. The van der Waals surface area contributed by atoms with Gasteiger partial charge in [0.1, 0.15) is 18.0 Å². The van der Waals surface area contributed by atoms with E-state index < -0.39 is 48.8 Å². The molecule has 33 heavy (non-hydrogen) atoms. The van der Waals surface area contributed by atoms with E-state index in [0.717, 1.165) is 11.1 Å². The van der Waals surface area contributed by atoms with E-state index in [0.29, 0.717) is 25.7 Å². The van der Waals surface area contributed by atoms with Gasteiger partial charge >= 0.3 is 31.2 Å². The van der Waals surface area contributed by atoms with Crippen LogP contribution in [0.15, 0.2) is 18.2 Å². The molecule has 0 aromatic heterocycles. The number of rotatable bonds is 6. The van der Waals surface area contributed by atoms with Gasteiger partial charge in [-0.15, -0.1) is 0 Å². The molecule has 0 bridgehead atoms. The largest absolute Gasteiger partial charge is 0.446 e. The number of aryl methyl sites for hydroxylation is 1. The van der Waals surface area contributed by atoms with E-state index in [9.17, 15) is 34.4 Å². The summed E-state index contributed by atoms with van der Waals surface area (Å²) in [5.41, 5.74) is 0.968. The summed E-state index contributed by atoms with van der Waals surface area (Å²) in [6.07, 6.45) is -0.337. The van der Waals surface area contributed by atoms with E-state index in [1.54, 1.807) is 19.1 Å². The molecule has 2 saturated carbocycles. The lowest BCUT2D eigenvalue weighted by Gasteiger charge is -2.50. The Labute approximate surface area is 192 Å². The molecule has 0 amide bonds. The van der Waals surface area contributed by atoms with E-state index in [1.807, 2.05) is 0 Å². The first-order valence-electron chi connectivity index (χ1n) is 10.2. The number of hydrogen-bond donors (Lipinski definition) is 3. The SMILES string of the molecule is C[C@]12CC[C@@H]3c4ccc(OS(=O)(=O)O)cc4CC[C@@H]3[C@@H]1C[C@@H](OS(=O)(=O)O)[C@H]2OS(=O)(=O)O. The first kappa shape index (κ1) is 24.8. The van der Waals surface area contributed by atoms with Gasteiger partial charge in [-0.2, -0.15) is 25.3 Å². The van der Waals surface area contributed by atoms with Crippen LogP contribution < -0.4 is 4.18 Å². The molecule has 15 heteroatoms. The van der Waals surface area contributed by atoms with Crippen molar-refractivity contribution in [3.63, 3.8) is 0 Å². The summed E-state index contributed by atoms with van der Waals surface area (Å²) in [6.45, 7) is 1.76. The third-order valence-electron chi connectivity index (χ3n) is 7.28. The van der Waals surface area contributed by atoms with Crippen LogP contribution in [-0.4, -0.2) is 51.1 Å². The molecule has 0 spiro atoms. The van der Waals surface area contributed by atoms with Crippen LogP contribution in [0.4, 0.5) is 0 Å². The first-order valence-corrected chi connectivity index (χ1v) is 14.3. The maximum Gasteiger partial charge on any atom is 0.446 e. The van der Waals surface area contributed by atoms with Gasteiger partial charge in [0.25, 0.3) is 0 Å². The zero-order chi connectivity index (χ0) is 24.4. The molecule has 4 rings (SSSR count). The van der Waals surface area contributed by atoms with Gasteiger partial charge in [-0.3, -0.25) is 13.7 Å². The van der Waals surface area contributed by atoms with Crippen LogP contribution in [0.25, 0.3) is 0 Å². The van der Waals surface area contributed by atoms with Gasteiger partial charge in [-0.05, 0) is 73.1 Å². The summed E-state index contributed by atoms with van der Waals surface area (Å²) in [7, 11) is -14.5. The van der Waals surface area contributed by atoms with Crippen LogP contribution >= 0.6 is 0 Å². The Kier molecular flexibility index (Phi) is 6.10. The van der Waals surface area contributed by atoms with Crippen molar-refractivity contribution in [1.82, 2.24) is 0 Å². The second kappa shape index (κ2) is 8.12. The van der Waals surface area contributed by atoms with Gasteiger partial charge in [0.2, 0.25) is 0 Å². The van der Waals surface area contributed by atoms with Crippen molar-refractivity contribution in [2.75, 3.05) is 0 Å². The number of benzene rings is 1. The standard InChI is InChI=1S/C18H24O12S3/c1-18-7-6-13-12-5-3-11(28-31(19,20)21)8-10(12)2-4-14(13)15(18)9-16(29-32(22,23)24)17(18)30-33(25,26)27/h3,5,8,13-17H,2,4,6-7,9H2,1H3,(H,19,20,21)(H,22,23,24)(H,25,26,27)/t13-,14+,15+,16-,17-,18+/m1/s1. The van der Waals surface area contributed by atoms with Gasteiger partial charge in [0, 0.05) is 5.41 Å². The second-order valence-electron chi connectivity index (χ2n) is 9.07. The van der Waals surface area contributed by atoms with Crippen molar-refractivity contribution in [1.29, 1.82) is 0 Å². The van der Waals surface area contributed by atoms with E-state index in [1.165, 1.54) is 6.07 Å². The van der Waals surface area contributed by atoms with Crippen molar-refractivity contribution < 1.29 is 51.5 Å². The normalized spacial score (nSPS) is 34.2. The lowest BCUT2D eigenvalue weighted by atomic mass is 9.55. The number of hydrogen-bond acceptors (Lipinski definition) is 9. The van der Waals surface area contributed by atoms with Gasteiger partial charge < -0.3 is 4.18 Å². The Morgan fingerprint density at radius 3 is 2.21 bits per heavy atom. The summed E-state index contributed by atoms with van der Waals surface area (Å²) in [5.74, 6) is -0.245. The van der Waals surface area contributed by atoms with Gasteiger partial charge in [-0.25, -0.2) is 8.37 Å². The van der Waals surface area contributed by atoms with Gasteiger partial charge in [0.15, 0.2) is 0 Å². The second-order valence-corrected chi connectivity index (χ2v) is 12.2. The fraction of sp³-hybridized carbons (Fsp3) is 0.667. The third kappa shape index (κ3) is 5.19. The third-order valence-corrected chi connectivity index (χ3v) is 8.63. The fourth-order valence-corrected chi connectivity index (χ4v) is 7.67. The summed E-state index contributed by atoms with van der Waals surface area (Å²) in [5, 5.41) is 0. The molecule has 6 atom stereocenters. The minimum absolute atomic E-state index is 0.00733. The Balaban J connectivity index is 1.66. The van der Waals surface area contributed by atoms with Crippen molar-refractivity contribution in [3.05, 3.63) is 29.3 Å². The minimum atomic E-state index is -4.92. The van der Waals surface area contributed by atoms with Crippen LogP contribution in [0.2, 0.25) is 0 Å². The Bertz CT molecular complexity index is 1260. The van der Waals surface area contributed by atoms with Crippen LogP contribution in [-0.2, 0) is 46.0 Å². The minimum Gasteiger partial charge on any atom is -0.362 e. The predicted octanol–water partition coefficient (Wildman–Crippen LogP) is 1.71. The average Bonchev–Trinajstić information content (AvgIpc) is 2.89. The molecular formula is C18H24O12S3. The molecule has 3 aliphatic carbocycles. The van der Waals surface area contributed by atoms with Crippen LogP contribution in [0.3, 0.4) is 0 Å². The van der Waals surface area contributed by atoms with Crippen molar-refractivity contribution >= 4 is 31.2 Å². The molecular weight excluding hydrogens is 504 g/mol. The zero-order valence-electron chi connectivity index (χ0n) is 17.4. The summed E-state index contributed by atoms with van der Waals surface area (Å²) in [6, 6.07) is 4.71. The molecule has 0 radical (unpaired) electrons. The molecule has 0 saturated heterocycles. The fourth-order valence-electron chi connectivity index (χ4n) is 6.22. The molecule has 186 valence electrons. The number of fused-ring (bicyclic) bond motifs is 5. The molecule has 1 aromatic rings. The first-order chi connectivity index (χ1) is 15.1. The average molecular weight is 529 g/mol. The molecule has 1 aromatic carbocycles. The highest BCUT2D eigenvalue weighted by Gasteiger charge is 2.61. The lowest BCUT2D eigenvalue weighted by Crippen LogP contribution is -2.47. The maximum absolute atomic E-state index is 11.5. The Hall–Kier alpha value is -1.33. The lowest BCUT2D eigenvalue weighted by molar-refractivity contribution is -0.0328. The molecule has 0 heterocycles. The Morgan fingerprint density at radius 1 is 0.939 bits per heavy atom. The maximum atomic E-state index is 11.5. The summed E-state index contributed by atoms with van der Waals surface area (Å²) < 4.78 is 109. The van der Waals surface area contributed by atoms with Crippen molar-refractivity contribution in [2.24, 2.45) is 17.3 Å². The van der Waals surface area contributed by atoms with E-state index in [2.05, 4.69) is 4.18 Å². The van der Waals surface area contributed by atoms with Gasteiger partial charge in [0.05, 0.1) is 0 Å². The summed E-state index contributed by atoms with van der Waals surface area (Å²) >= 11 is 0. The predicted molar refractivity (Wildman–Crippen MR) is 111 cm³/mol. The highest BCUT2D eigenvalue weighted by molar-refractivity contribution is 7.81. The van der Waals surface area contributed by atoms with Crippen LogP contribution in [0.5, 0.6) is 5.75 Å². The Morgan fingerprint density at radius 2 is 1.61 bits per heavy atom. The highest BCUT2D eigenvalue weighted by atomic mass is 32.3. The zero-order valence-corrected chi connectivity index (χ0v) is 19.8. The molecule has 3 N–H and O–H groups in total. The van der Waals surface area contributed by atoms with E-state index in [-0.39, 0.29) is 29.9 Å².